The summed E-state index contributed by atoms with van der Waals surface area (Å²) in [7, 11) is -2.38. The first-order chi connectivity index (χ1) is 9.83. The molecule has 0 aliphatic rings. The van der Waals surface area contributed by atoms with E-state index in [0.717, 1.165) is 0 Å². The van der Waals surface area contributed by atoms with E-state index in [1.165, 1.54) is 37.6 Å². The SMILES string of the molecule is COc1ccc(S(=O)(=O)Nc2cc(Br)cnc2Cl)cc1N. The van der Waals surface area contributed by atoms with Gasteiger partial charge in [-0.2, -0.15) is 0 Å². The smallest absolute Gasteiger partial charge is 0.262 e. The molecule has 0 fully saturated rings. The number of sulfonamides is 1. The van der Waals surface area contributed by atoms with Crippen LogP contribution in [0.25, 0.3) is 0 Å². The predicted octanol–water partition coefficient (Wildman–Crippen LogP) is 2.89. The van der Waals surface area contributed by atoms with Crippen molar-refractivity contribution in [1.29, 1.82) is 0 Å². The van der Waals surface area contributed by atoms with Crippen LogP contribution in [0, 0.1) is 0 Å². The van der Waals surface area contributed by atoms with Crippen LogP contribution in [0.3, 0.4) is 0 Å². The summed E-state index contributed by atoms with van der Waals surface area (Å²) in [5.74, 6) is 0.399. The van der Waals surface area contributed by atoms with Crippen LogP contribution >= 0.6 is 27.5 Å². The van der Waals surface area contributed by atoms with E-state index >= 15 is 0 Å². The Hall–Kier alpha value is -1.51. The average molecular weight is 393 g/mol. The molecule has 0 bridgehead atoms. The van der Waals surface area contributed by atoms with Crippen LogP contribution in [-0.2, 0) is 10.0 Å². The number of hydrogen-bond donors (Lipinski definition) is 2. The number of aromatic nitrogens is 1. The fourth-order valence-corrected chi connectivity index (χ4v) is 3.21. The van der Waals surface area contributed by atoms with E-state index in [-0.39, 0.29) is 21.4 Å². The van der Waals surface area contributed by atoms with Gasteiger partial charge in [0.1, 0.15) is 5.75 Å². The quantitative estimate of drug-likeness (QED) is 0.616. The Morgan fingerprint density at radius 2 is 2.10 bits per heavy atom. The third-order valence-electron chi connectivity index (χ3n) is 2.56. The first-order valence-corrected chi connectivity index (χ1v) is 8.26. The number of nitrogens with one attached hydrogen (secondary N) is 1. The number of nitrogens with zero attached hydrogens (tertiary/aromatic N) is 1. The fraction of sp³-hybridized carbons (Fsp3) is 0.0833. The lowest BCUT2D eigenvalue weighted by molar-refractivity contribution is 0.416. The lowest BCUT2D eigenvalue weighted by Crippen LogP contribution is -2.14. The van der Waals surface area contributed by atoms with Crippen LogP contribution in [0.2, 0.25) is 5.15 Å². The van der Waals surface area contributed by atoms with Crippen molar-refractivity contribution in [3.63, 3.8) is 0 Å². The van der Waals surface area contributed by atoms with Crippen LogP contribution in [0.15, 0.2) is 39.8 Å². The number of benzene rings is 1. The molecule has 0 amide bonds. The molecule has 0 unspecified atom stereocenters. The summed E-state index contributed by atoms with van der Waals surface area (Å²) in [6.45, 7) is 0. The highest BCUT2D eigenvalue weighted by Gasteiger charge is 2.18. The lowest BCUT2D eigenvalue weighted by atomic mass is 10.3. The Morgan fingerprint density at radius 1 is 1.38 bits per heavy atom. The van der Waals surface area contributed by atoms with E-state index in [4.69, 9.17) is 22.1 Å². The topological polar surface area (TPSA) is 94.3 Å². The Labute approximate surface area is 135 Å². The molecule has 0 radical (unpaired) electrons. The number of hydrogen-bond acceptors (Lipinski definition) is 5. The van der Waals surface area contributed by atoms with E-state index in [1.54, 1.807) is 0 Å². The van der Waals surface area contributed by atoms with Crippen LogP contribution in [0.1, 0.15) is 0 Å². The maximum absolute atomic E-state index is 12.3. The minimum absolute atomic E-state index is 0.00292. The summed E-state index contributed by atoms with van der Waals surface area (Å²) in [5, 5.41) is 0.0447. The average Bonchev–Trinajstić information content (AvgIpc) is 2.42. The minimum atomic E-state index is -3.83. The molecule has 0 aliphatic carbocycles. The summed E-state index contributed by atoms with van der Waals surface area (Å²) < 4.78 is 32.6. The van der Waals surface area contributed by atoms with Crippen LogP contribution in [0.4, 0.5) is 11.4 Å². The lowest BCUT2D eigenvalue weighted by Gasteiger charge is -2.11. The highest BCUT2D eigenvalue weighted by atomic mass is 79.9. The van der Waals surface area contributed by atoms with E-state index in [1.807, 2.05) is 0 Å². The van der Waals surface area contributed by atoms with Gasteiger partial charge in [0.05, 0.1) is 23.4 Å². The van der Waals surface area contributed by atoms with Gasteiger partial charge in [-0.15, -0.1) is 0 Å². The van der Waals surface area contributed by atoms with E-state index in [2.05, 4.69) is 25.6 Å². The molecule has 21 heavy (non-hydrogen) atoms. The normalized spacial score (nSPS) is 11.2. The third kappa shape index (κ3) is 3.58. The summed E-state index contributed by atoms with van der Waals surface area (Å²) in [6.07, 6.45) is 1.46. The van der Waals surface area contributed by atoms with Crippen LogP contribution in [-0.4, -0.2) is 20.5 Å². The van der Waals surface area contributed by atoms with Crippen molar-refractivity contribution in [1.82, 2.24) is 4.98 Å². The second-order valence-corrected chi connectivity index (χ2v) is 6.96. The molecule has 1 aromatic heterocycles. The summed E-state index contributed by atoms with van der Waals surface area (Å²) >= 11 is 9.06. The molecule has 0 spiro atoms. The predicted molar refractivity (Wildman–Crippen MR) is 85.2 cm³/mol. The molecular formula is C12H11BrClN3O3S. The van der Waals surface area contributed by atoms with Gasteiger partial charge in [0, 0.05) is 10.7 Å². The van der Waals surface area contributed by atoms with Crippen LogP contribution < -0.4 is 15.2 Å². The molecule has 1 aromatic carbocycles. The number of nitrogens with two attached hydrogens (primary N) is 1. The van der Waals surface area contributed by atoms with Crippen LogP contribution in [0.5, 0.6) is 5.75 Å². The highest BCUT2D eigenvalue weighted by molar-refractivity contribution is 9.10. The minimum Gasteiger partial charge on any atom is -0.495 e. The summed E-state index contributed by atoms with van der Waals surface area (Å²) in [4.78, 5) is 3.85. The van der Waals surface area contributed by atoms with Gasteiger partial charge in [0.25, 0.3) is 10.0 Å². The Morgan fingerprint density at radius 3 is 2.71 bits per heavy atom. The zero-order chi connectivity index (χ0) is 15.6. The molecule has 9 heteroatoms. The van der Waals surface area contributed by atoms with Gasteiger partial charge in [0.15, 0.2) is 5.15 Å². The Kier molecular flexibility index (Phi) is 4.60. The molecule has 1 heterocycles. The van der Waals surface area contributed by atoms with Gasteiger partial charge in [0.2, 0.25) is 0 Å². The Balaban J connectivity index is 2.38. The van der Waals surface area contributed by atoms with E-state index < -0.39 is 10.0 Å². The molecule has 2 rings (SSSR count). The molecule has 112 valence electrons. The Bertz CT molecular complexity index is 783. The zero-order valence-corrected chi connectivity index (χ0v) is 14.0. The maximum atomic E-state index is 12.3. The highest BCUT2D eigenvalue weighted by Crippen LogP contribution is 2.28. The molecule has 0 aliphatic heterocycles. The van der Waals surface area contributed by atoms with Gasteiger partial charge in [-0.1, -0.05) is 11.6 Å². The molecule has 6 nitrogen and oxygen atoms in total. The maximum Gasteiger partial charge on any atom is 0.262 e. The first kappa shape index (κ1) is 15.9. The number of rotatable bonds is 4. The largest absolute Gasteiger partial charge is 0.495 e. The second-order valence-electron chi connectivity index (χ2n) is 4.00. The van der Waals surface area contributed by atoms with Crippen molar-refractivity contribution in [2.45, 2.75) is 4.90 Å². The second kappa shape index (κ2) is 6.08. The number of pyridine rings is 1. The van der Waals surface area contributed by atoms with Gasteiger partial charge < -0.3 is 10.5 Å². The van der Waals surface area contributed by atoms with E-state index in [9.17, 15) is 8.42 Å². The summed E-state index contributed by atoms with van der Waals surface area (Å²) in [6, 6.07) is 5.68. The van der Waals surface area contributed by atoms with Crippen molar-refractivity contribution >= 4 is 48.9 Å². The standard InChI is InChI=1S/C12H11BrClN3O3S/c1-20-11-3-2-8(5-9(11)15)21(18,19)17-10-4-7(13)6-16-12(10)14/h2-6,17H,15H2,1H3. The summed E-state index contributed by atoms with van der Waals surface area (Å²) in [5.41, 5.74) is 6.10. The number of halogens is 2. The molecule has 2 aromatic rings. The van der Waals surface area contributed by atoms with Crippen molar-refractivity contribution in [2.75, 3.05) is 17.6 Å². The molecule has 0 saturated heterocycles. The van der Waals surface area contributed by atoms with Gasteiger partial charge >= 0.3 is 0 Å². The number of ether oxygens (including phenoxy) is 1. The third-order valence-corrected chi connectivity index (χ3v) is 4.66. The van der Waals surface area contributed by atoms with E-state index in [0.29, 0.717) is 10.2 Å². The first-order valence-electron chi connectivity index (χ1n) is 5.61. The van der Waals surface area contributed by atoms with Gasteiger partial charge in [-0.25, -0.2) is 13.4 Å². The van der Waals surface area contributed by atoms with Gasteiger partial charge in [-0.3, -0.25) is 4.72 Å². The number of methoxy groups -OCH3 is 1. The monoisotopic (exact) mass is 391 g/mol. The molecule has 3 N–H and O–H groups in total. The number of anilines is 2. The molecule has 0 atom stereocenters. The molecule has 0 saturated carbocycles. The number of nitrogen functional groups attached to an aromatic ring is 1. The van der Waals surface area contributed by atoms with Crippen molar-refractivity contribution in [3.05, 3.63) is 40.1 Å². The van der Waals surface area contributed by atoms with Gasteiger partial charge in [-0.05, 0) is 40.2 Å². The molecular weight excluding hydrogens is 382 g/mol. The van der Waals surface area contributed by atoms with Crippen molar-refractivity contribution < 1.29 is 13.2 Å². The zero-order valence-electron chi connectivity index (χ0n) is 10.8. The van der Waals surface area contributed by atoms with Crippen molar-refractivity contribution in [2.24, 2.45) is 0 Å². The fourth-order valence-electron chi connectivity index (χ4n) is 1.58. The van der Waals surface area contributed by atoms with Crippen molar-refractivity contribution in [3.8, 4) is 5.75 Å².